The maximum atomic E-state index is 10.8. The van der Waals surface area contributed by atoms with Crippen molar-refractivity contribution in [2.24, 2.45) is 0 Å². The van der Waals surface area contributed by atoms with Crippen LogP contribution in [-0.2, 0) is 0 Å². The van der Waals surface area contributed by atoms with Crippen molar-refractivity contribution in [3.05, 3.63) is 56.7 Å². The number of hydrogen-bond acceptors (Lipinski definition) is 3. The summed E-state index contributed by atoms with van der Waals surface area (Å²) in [6.07, 6.45) is 0. The van der Waals surface area contributed by atoms with Crippen LogP contribution in [0.1, 0.15) is 0 Å². The normalized spacial score (nSPS) is 8.80. The second-order valence-electron chi connectivity index (χ2n) is 2.55. The van der Waals surface area contributed by atoms with Crippen LogP contribution in [0.2, 0.25) is 0 Å². The Morgan fingerprint density at radius 3 is 2.53 bits per heavy atom. The Balaban J connectivity index is 0.000000337. The highest BCUT2D eigenvalue weighted by molar-refractivity contribution is 5.77. The van der Waals surface area contributed by atoms with E-state index in [0.29, 0.717) is 5.58 Å². The van der Waals surface area contributed by atoms with Crippen LogP contribution in [0.25, 0.3) is 26.9 Å². The summed E-state index contributed by atoms with van der Waals surface area (Å²) in [5.41, 5.74) is 13.3. The molecule has 1 heterocycles. The molecule has 6 nitrogen and oxygen atoms in total. The molecular weight excluding hydrogens is 198 g/mol. The van der Waals surface area contributed by atoms with Crippen molar-refractivity contribution >= 4 is 11.0 Å². The van der Waals surface area contributed by atoms with E-state index in [2.05, 4.69) is 0 Å². The van der Waals surface area contributed by atoms with Crippen LogP contribution in [0.15, 0.2) is 39.5 Å². The number of benzene rings is 1. The van der Waals surface area contributed by atoms with E-state index in [1.807, 2.05) is 6.07 Å². The molecule has 0 atom stereocenters. The van der Waals surface area contributed by atoms with Crippen molar-refractivity contribution in [3.8, 4) is 5.75 Å². The van der Waals surface area contributed by atoms with Gasteiger partial charge >= 0.3 is 5.63 Å². The zero-order valence-corrected chi connectivity index (χ0v) is 7.49. The Morgan fingerprint density at radius 2 is 1.87 bits per heavy atom. The first-order valence-corrected chi connectivity index (χ1v) is 3.89. The molecule has 76 valence electrons. The Kier molecular flexibility index (Phi) is 3.32. The highest BCUT2D eigenvalue weighted by Gasteiger charge is 2.00. The molecule has 15 heavy (non-hydrogen) atoms. The van der Waals surface area contributed by atoms with Crippen LogP contribution < -0.4 is 5.63 Å². The monoisotopic (exact) mass is 204 g/mol. The van der Waals surface area contributed by atoms with Gasteiger partial charge in [-0.3, -0.25) is 4.91 Å². The van der Waals surface area contributed by atoms with Crippen LogP contribution in [-0.4, -0.2) is 5.11 Å². The molecule has 0 bridgehead atoms. The molecule has 1 N–H and O–H groups in total. The van der Waals surface area contributed by atoms with E-state index in [-0.39, 0.29) is 5.75 Å². The van der Waals surface area contributed by atoms with Gasteiger partial charge in [-0.15, -0.1) is 0 Å². The predicted octanol–water partition coefficient (Wildman–Crippen LogP) is 2.36. The highest BCUT2D eigenvalue weighted by Crippen LogP contribution is 2.14. The summed E-state index contributed by atoms with van der Waals surface area (Å²) in [5, 5.41) is 9.73. The minimum Gasteiger partial charge on any atom is -0.502 e. The van der Waals surface area contributed by atoms with Gasteiger partial charge in [0.05, 0.1) is 0 Å². The minimum absolute atomic E-state index is 0.353. The molecule has 0 fully saturated rings. The van der Waals surface area contributed by atoms with E-state index in [4.69, 9.17) is 20.6 Å². The third-order valence-electron chi connectivity index (χ3n) is 1.62. The molecule has 2 aromatic rings. The Labute approximate surface area is 83.8 Å². The summed E-state index contributed by atoms with van der Waals surface area (Å²) in [7, 11) is 0. The molecule has 0 spiro atoms. The van der Waals surface area contributed by atoms with Crippen molar-refractivity contribution in [2.45, 2.75) is 0 Å². The van der Waals surface area contributed by atoms with Crippen LogP contribution in [0.4, 0.5) is 0 Å². The van der Waals surface area contributed by atoms with Crippen molar-refractivity contribution in [3.63, 3.8) is 0 Å². The maximum absolute atomic E-state index is 10.8. The fourth-order valence-electron chi connectivity index (χ4n) is 1.05. The summed E-state index contributed by atoms with van der Waals surface area (Å²) in [6.45, 7) is 0. The summed E-state index contributed by atoms with van der Waals surface area (Å²) < 4.78 is 4.79. The molecule has 6 heteroatoms. The van der Waals surface area contributed by atoms with E-state index in [0.717, 1.165) is 5.39 Å². The fraction of sp³-hybridized carbons (Fsp3) is 0. The largest absolute Gasteiger partial charge is 0.502 e. The van der Waals surface area contributed by atoms with Gasteiger partial charge in [0.1, 0.15) is 5.58 Å². The number of hydrogen-bond donors (Lipinski definition) is 1. The molecule has 0 unspecified atom stereocenters. The Hall–Kier alpha value is -2.46. The Bertz CT molecular complexity index is 556. The van der Waals surface area contributed by atoms with Crippen molar-refractivity contribution in [2.75, 3.05) is 0 Å². The van der Waals surface area contributed by atoms with E-state index >= 15 is 0 Å². The van der Waals surface area contributed by atoms with Gasteiger partial charge in [-0.25, -0.2) is 4.79 Å². The molecule has 0 amide bonds. The Morgan fingerprint density at radius 1 is 1.27 bits per heavy atom. The summed E-state index contributed by atoms with van der Waals surface area (Å²) >= 11 is 0. The lowest BCUT2D eigenvalue weighted by Gasteiger charge is -1.94. The van der Waals surface area contributed by atoms with Gasteiger partial charge in [-0.05, 0) is 12.1 Å². The quantitative estimate of drug-likeness (QED) is 0.307. The van der Waals surface area contributed by atoms with E-state index in [1.165, 1.54) is 11.0 Å². The van der Waals surface area contributed by atoms with E-state index in [9.17, 15) is 4.79 Å². The molecule has 1 aromatic heterocycles. The second kappa shape index (κ2) is 4.69. The van der Waals surface area contributed by atoms with Crippen LogP contribution >= 0.6 is 0 Å². The summed E-state index contributed by atoms with van der Waals surface area (Å²) in [4.78, 5) is 12.3. The van der Waals surface area contributed by atoms with Gasteiger partial charge in [0, 0.05) is 5.39 Å². The standard InChI is InChI=1S/C9H6O3.N3/c10-7-5-6-3-1-2-4-8(6)12-9(7)11;1-3-2/h1-5,10H;/q;-1. The number of aromatic hydroxyl groups is 1. The molecule has 0 saturated carbocycles. The van der Waals surface area contributed by atoms with Crippen LogP contribution in [0, 0.1) is 0 Å². The summed E-state index contributed by atoms with van der Waals surface area (Å²) in [5.74, 6) is -0.353. The van der Waals surface area contributed by atoms with Gasteiger partial charge in [0.2, 0.25) is 5.75 Å². The third-order valence-corrected chi connectivity index (χ3v) is 1.62. The van der Waals surface area contributed by atoms with E-state index in [1.54, 1.807) is 18.2 Å². The van der Waals surface area contributed by atoms with Crippen molar-refractivity contribution in [1.29, 1.82) is 0 Å². The SMILES string of the molecule is O=c1oc2ccccc2cc1O.[N-]=[N+]=[N-]. The van der Waals surface area contributed by atoms with Gasteiger partial charge in [0.25, 0.3) is 0 Å². The van der Waals surface area contributed by atoms with Crippen LogP contribution in [0.5, 0.6) is 5.75 Å². The summed E-state index contributed by atoms with van der Waals surface area (Å²) in [6, 6.07) is 8.40. The average molecular weight is 204 g/mol. The number of rotatable bonds is 0. The zero-order chi connectivity index (χ0) is 11.3. The number of para-hydroxylation sites is 1. The molecule has 2 rings (SSSR count). The van der Waals surface area contributed by atoms with Gasteiger partial charge < -0.3 is 20.6 Å². The molecule has 0 radical (unpaired) electrons. The second-order valence-corrected chi connectivity index (χ2v) is 2.55. The molecule has 0 saturated heterocycles. The molecule has 0 aliphatic heterocycles. The first-order chi connectivity index (χ1) is 7.19. The average Bonchev–Trinajstić information content (AvgIpc) is 2.21. The lowest BCUT2D eigenvalue weighted by molar-refractivity contribution is 0.428. The van der Waals surface area contributed by atoms with Gasteiger partial charge in [0.15, 0.2) is 0 Å². The molecular formula is C9H6N3O3-. The number of nitrogens with zero attached hydrogens (tertiary/aromatic N) is 3. The number of fused-ring (bicyclic) bond motifs is 1. The smallest absolute Gasteiger partial charge is 0.378 e. The zero-order valence-electron chi connectivity index (χ0n) is 7.49. The minimum atomic E-state index is -0.700. The van der Waals surface area contributed by atoms with Gasteiger partial charge in [-0.2, -0.15) is 0 Å². The van der Waals surface area contributed by atoms with Crippen LogP contribution in [0.3, 0.4) is 0 Å². The van der Waals surface area contributed by atoms with E-state index < -0.39 is 5.63 Å². The molecule has 0 aliphatic rings. The lowest BCUT2D eigenvalue weighted by Crippen LogP contribution is -1.96. The third kappa shape index (κ3) is 2.49. The lowest BCUT2D eigenvalue weighted by atomic mass is 10.2. The molecule has 0 aliphatic carbocycles. The van der Waals surface area contributed by atoms with Gasteiger partial charge in [-0.1, -0.05) is 18.2 Å². The highest BCUT2D eigenvalue weighted by atomic mass is 16.4. The van der Waals surface area contributed by atoms with Crippen molar-refractivity contribution in [1.82, 2.24) is 0 Å². The maximum Gasteiger partial charge on any atom is 0.378 e. The predicted molar refractivity (Wildman–Crippen MR) is 54.2 cm³/mol. The van der Waals surface area contributed by atoms with Crippen molar-refractivity contribution < 1.29 is 9.52 Å². The first kappa shape index (κ1) is 10.6. The fourth-order valence-corrected chi connectivity index (χ4v) is 1.05. The molecule has 1 aromatic carbocycles. The topological polar surface area (TPSA) is 109 Å². The first-order valence-electron chi connectivity index (χ1n) is 3.89.